The van der Waals surface area contributed by atoms with Gasteiger partial charge in [0.1, 0.15) is 10.6 Å². The Hall–Kier alpha value is -3.63. The molecule has 0 saturated heterocycles. The number of thioether (sulfide) groups is 1. The van der Waals surface area contributed by atoms with Gasteiger partial charge in [-0.05, 0) is 30.7 Å². The van der Waals surface area contributed by atoms with Gasteiger partial charge in [0.15, 0.2) is 11.0 Å². The van der Waals surface area contributed by atoms with Gasteiger partial charge in [0, 0.05) is 11.9 Å². The number of nitrogens with one attached hydrogen (secondary N) is 1. The van der Waals surface area contributed by atoms with E-state index in [1.165, 1.54) is 23.1 Å². The fourth-order valence-electron chi connectivity index (χ4n) is 3.40. The number of hydrogen-bond acceptors (Lipinski definition) is 8. The average molecular weight is 509 g/mol. The summed E-state index contributed by atoms with van der Waals surface area (Å²) in [7, 11) is 3.44. The molecule has 4 rings (SSSR count). The van der Waals surface area contributed by atoms with Gasteiger partial charge in [-0.1, -0.05) is 54.2 Å². The van der Waals surface area contributed by atoms with Crippen LogP contribution in [0.15, 0.2) is 65.8 Å². The number of esters is 1. The smallest absolute Gasteiger partial charge is 0.350 e. The molecule has 0 aliphatic heterocycles. The highest BCUT2D eigenvalue weighted by atomic mass is 32.2. The zero-order valence-electron chi connectivity index (χ0n) is 19.5. The summed E-state index contributed by atoms with van der Waals surface area (Å²) in [6.45, 7) is 2.00. The molecular weight excluding hydrogens is 484 g/mol. The van der Waals surface area contributed by atoms with Crippen LogP contribution in [0.5, 0.6) is 5.75 Å². The summed E-state index contributed by atoms with van der Waals surface area (Å²) in [5, 5.41) is 11.9. The number of rotatable bonds is 9. The van der Waals surface area contributed by atoms with Gasteiger partial charge >= 0.3 is 5.97 Å². The average Bonchev–Trinajstić information content (AvgIpc) is 3.46. The third-order valence-corrected chi connectivity index (χ3v) is 7.22. The molecule has 35 heavy (non-hydrogen) atoms. The number of hydrogen-bond donors (Lipinski definition) is 1. The molecule has 4 aromatic rings. The van der Waals surface area contributed by atoms with Crippen LogP contribution >= 0.6 is 23.1 Å². The Kier molecular flexibility index (Phi) is 7.84. The third-order valence-electron chi connectivity index (χ3n) is 5.04. The molecule has 10 heteroatoms. The van der Waals surface area contributed by atoms with Crippen molar-refractivity contribution >= 4 is 40.7 Å². The van der Waals surface area contributed by atoms with Crippen LogP contribution in [0, 0.1) is 0 Å². The van der Waals surface area contributed by atoms with E-state index in [0.717, 1.165) is 16.0 Å². The number of para-hydroxylation sites is 1. The first-order valence-electron chi connectivity index (χ1n) is 10.8. The number of benzene rings is 2. The number of ether oxygens (including phenoxy) is 2. The molecule has 8 nitrogen and oxygen atoms in total. The summed E-state index contributed by atoms with van der Waals surface area (Å²) in [6.07, 6.45) is 0. The van der Waals surface area contributed by atoms with Crippen LogP contribution in [0.4, 0.5) is 5.69 Å². The minimum Gasteiger partial charge on any atom is -0.496 e. The molecular formula is C25H24N4O4S2. The molecule has 0 fully saturated rings. The zero-order chi connectivity index (χ0) is 24.8. The molecule has 0 radical (unpaired) electrons. The van der Waals surface area contributed by atoms with E-state index in [1.54, 1.807) is 20.1 Å². The largest absolute Gasteiger partial charge is 0.496 e. The van der Waals surface area contributed by atoms with E-state index in [9.17, 15) is 9.59 Å². The molecule has 0 bridgehead atoms. The van der Waals surface area contributed by atoms with Crippen molar-refractivity contribution in [2.75, 3.05) is 24.8 Å². The minimum atomic E-state index is -0.461. The number of nitrogens with zero attached hydrogens (tertiary/aromatic N) is 3. The number of aromatic nitrogens is 3. The maximum absolute atomic E-state index is 12.8. The summed E-state index contributed by atoms with van der Waals surface area (Å²) < 4.78 is 12.4. The summed E-state index contributed by atoms with van der Waals surface area (Å²) in [5.41, 5.74) is 2.21. The van der Waals surface area contributed by atoms with Crippen LogP contribution in [0.3, 0.4) is 0 Å². The first-order valence-corrected chi connectivity index (χ1v) is 12.6. The summed E-state index contributed by atoms with van der Waals surface area (Å²) >= 11 is 2.54. The first-order chi connectivity index (χ1) is 17.0. The van der Waals surface area contributed by atoms with Crippen LogP contribution in [-0.4, -0.2) is 46.1 Å². The highest BCUT2D eigenvalue weighted by molar-refractivity contribution is 7.99. The highest BCUT2D eigenvalue weighted by Crippen LogP contribution is 2.36. The van der Waals surface area contributed by atoms with E-state index >= 15 is 0 Å². The normalized spacial score (nSPS) is 10.7. The lowest BCUT2D eigenvalue weighted by molar-refractivity contribution is -0.113. The third kappa shape index (κ3) is 5.55. The lowest BCUT2D eigenvalue weighted by Crippen LogP contribution is -2.16. The van der Waals surface area contributed by atoms with E-state index in [4.69, 9.17) is 9.47 Å². The molecule has 0 aliphatic carbocycles. The number of carbonyl (C=O) groups excluding carboxylic acids is 2. The van der Waals surface area contributed by atoms with E-state index < -0.39 is 5.97 Å². The fraction of sp³-hybridized carbons (Fsp3) is 0.200. The number of thiophene rings is 1. The van der Waals surface area contributed by atoms with Crippen LogP contribution in [0.2, 0.25) is 0 Å². The second kappa shape index (κ2) is 11.2. The predicted octanol–water partition coefficient (Wildman–Crippen LogP) is 5.13. The van der Waals surface area contributed by atoms with Gasteiger partial charge in [-0.15, -0.1) is 21.5 Å². The van der Waals surface area contributed by atoms with Crippen molar-refractivity contribution in [1.82, 2.24) is 14.8 Å². The summed E-state index contributed by atoms with van der Waals surface area (Å²) in [6, 6.07) is 19.0. The van der Waals surface area contributed by atoms with Crippen LogP contribution in [0.1, 0.15) is 16.6 Å². The van der Waals surface area contributed by atoms with Crippen molar-refractivity contribution in [1.29, 1.82) is 0 Å². The topological polar surface area (TPSA) is 95.3 Å². The minimum absolute atomic E-state index is 0.0939. The van der Waals surface area contributed by atoms with E-state index in [1.807, 2.05) is 66.2 Å². The van der Waals surface area contributed by atoms with Gasteiger partial charge in [0.05, 0.1) is 30.7 Å². The van der Waals surface area contributed by atoms with Crippen LogP contribution in [0.25, 0.3) is 21.8 Å². The lowest BCUT2D eigenvalue weighted by atomic mass is 10.2. The second-order valence-corrected chi connectivity index (χ2v) is 9.34. The number of methoxy groups -OCH3 is 1. The van der Waals surface area contributed by atoms with Crippen molar-refractivity contribution in [2.24, 2.45) is 7.05 Å². The fourth-order valence-corrected chi connectivity index (χ4v) is 5.12. The van der Waals surface area contributed by atoms with Gasteiger partial charge in [-0.2, -0.15) is 0 Å². The highest BCUT2D eigenvalue weighted by Gasteiger charge is 2.21. The molecule has 2 aromatic heterocycles. The van der Waals surface area contributed by atoms with E-state index in [-0.39, 0.29) is 18.3 Å². The molecule has 180 valence electrons. The van der Waals surface area contributed by atoms with Gasteiger partial charge < -0.3 is 19.4 Å². The number of amides is 1. The SMILES string of the molecule is CCOC(=O)c1sc(-c2ccccc2)cc1NC(=O)CSc1nnc(-c2ccccc2OC)n1C. The zero-order valence-corrected chi connectivity index (χ0v) is 21.1. The Morgan fingerprint density at radius 3 is 2.57 bits per heavy atom. The molecule has 0 aliphatic rings. The van der Waals surface area contributed by atoms with Crippen molar-refractivity contribution in [3.05, 3.63) is 65.5 Å². The van der Waals surface area contributed by atoms with Crippen LogP contribution < -0.4 is 10.1 Å². The Morgan fingerprint density at radius 2 is 1.83 bits per heavy atom. The molecule has 2 aromatic carbocycles. The van der Waals surface area contributed by atoms with Crippen molar-refractivity contribution in [2.45, 2.75) is 12.1 Å². The number of anilines is 1. The van der Waals surface area contributed by atoms with Gasteiger partial charge in [-0.3, -0.25) is 4.79 Å². The van der Waals surface area contributed by atoms with Crippen molar-refractivity contribution in [3.63, 3.8) is 0 Å². The second-order valence-electron chi connectivity index (χ2n) is 7.34. The number of carbonyl (C=O) groups is 2. The Labute approximate surface area is 211 Å². The Morgan fingerprint density at radius 1 is 1.09 bits per heavy atom. The van der Waals surface area contributed by atoms with Gasteiger partial charge in [-0.25, -0.2) is 4.79 Å². The molecule has 0 saturated carbocycles. The molecule has 1 amide bonds. The van der Waals surface area contributed by atoms with Crippen LogP contribution in [-0.2, 0) is 16.6 Å². The molecule has 0 spiro atoms. The van der Waals surface area contributed by atoms with E-state index in [2.05, 4.69) is 15.5 Å². The molecule has 0 unspecified atom stereocenters. The summed E-state index contributed by atoms with van der Waals surface area (Å²) in [4.78, 5) is 26.5. The van der Waals surface area contributed by atoms with Crippen molar-refractivity contribution in [3.8, 4) is 27.6 Å². The van der Waals surface area contributed by atoms with Gasteiger partial charge in [0.2, 0.25) is 5.91 Å². The molecule has 0 atom stereocenters. The Balaban J connectivity index is 1.49. The Bertz CT molecular complexity index is 1330. The maximum atomic E-state index is 12.8. The quantitative estimate of drug-likeness (QED) is 0.247. The monoisotopic (exact) mass is 508 g/mol. The first kappa shape index (κ1) is 24.5. The molecule has 2 heterocycles. The van der Waals surface area contributed by atoms with Crippen molar-refractivity contribution < 1.29 is 19.1 Å². The standard InChI is InChI=1S/C25H24N4O4S2/c1-4-33-24(31)22-18(14-20(35-22)16-10-6-5-7-11-16)26-21(30)15-34-25-28-27-23(29(25)2)17-12-8-9-13-19(17)32-3/h5-14H,4,15H2,1-3H3,(H,26,30). The lowest BCUT2D eigenvalue weighted by Gasteiger charge is -2.08. The van der Waals surface area contributed by atoms with E-state index in [0.29, 0.717) is 27.3 Å². The summed E-state index contributed by atoms with van der Waals surface area (Å²) in [5.74, 6) is 0.699. The van der Waals surface area contributed by atoms with Gasteiger partial charge in [0.25, 0.3) is 0 Å². The molecule has 1 N–H and O–H groups in total. The maximum Gasteiger partial charge on any atom is 0.350 e. The predicted molar refractivity (Wildman–Crippen MR) is 138 cm³/mol.